The third kappa shape index (κ3) is 4.99. The van der Waals surface area contributed by atoms with E-state index in [0.717, 1.165) is 30.9 Å². The first-order valence-corrected chi connectivity index (χ1v) is 6.12. The van der Waals surface area contributed by atoms with Crippen LogP contribution in [0.2, 0.25) is 0 Å². The van der Waals surface area contributed by atoms with E-state index in [9.17, 15) is 4.79 Å². The topological polar surface area (TPSA) is 58.9 Å². The molecular formula is C12H22N4O. The predicted molar refractivity (Wildman–Crippen MR) is 67.9 cm³/mol. The van der Waals surface area contributed by atoms with Gasteiger partial charge in [-0.1, -0.05) is 6.92 Å². The molecule has 0 atom stereocenters. The Morgan fingerprint density at radius 2 is 2.18 bits per heavy atom. The van der Waals surface area contributed by atoms with Crippen molar-refractivity contribution in [3.05, 3.63) is 17.5 Å². The minimum atomic E-state index is 0.0210. The van der Waals surface area contributed by atoms with Gasteiger partial charge in [0, 0.05) is 12.2 Å². The number of nitrogens with zero attached hydrogens (tertiary/aromatic N) is 2. The molecule has 0 aliphatic carbocycles. The largest absolute Gasteiger partial charge is 0.354 e. The van der Waals surface area contributed by atoms with E-state index < -0.39 is 0 Å². The Labute approximate surface area is 103 Å². The molecule has 17 heavy (non-hydrogen) atoms. The summed E-state index contributed by atoms with van der Waals surface area (Å²) < 4.78 is 1.73. The Kier molecular flexibility index (Phi) is 5.69. The highest BCUT2D eigenvalue weighted by Gasteiger charge is 2.05. The van der Waals surface area contributed by atoms with Gasteiger partial charge in [0.05, 0.1) is 5.69 Å². The normalized spacial score (nSPS) is 10.5. The summed E-state index contributed by atoms with van der Waals surface area (Å²) in [6.45, 7) is 8.89. The molecule has 1 amide bonds. The van der Waals surface area contributed by atoms with Gasteiger partial charge in [-0.3, -0.25) is 9.48 Å². The molecule has 5 nitrogen and oxygen atoms in total. The quantitative estimate of drug-likeness (QED) is 0.684. The summed E-state index contributed by atoms with van der Waals surface area (Å²) in [5, 5.41) is 10.4. The number of nitrogens with one attached hydrogen (secondary N) is 2. The molecule has 0 fully saturated rings. The van der Waals surface area contributed by atoms with Gasteiger partial charge in [0.1, 0.15) is 6.54 Å². The van der Waals surface area contributed by atoms with Crippen LogP contribution >= 0.6 is 0 Å². The van der Waals surface area contributed by atoms with Gasteiger partial charge >= 0.3 is 0 Å². The summed E-state index contributed by atoms with van der Waals surface area (Å²) >= 11 is 0. The summed E-state index contributed by atoms with van der Waals surface area (Å²) in [6, 6.07) is 1.97. The lowest BCUT2D eigenvalue weighted by Crippen LogP contribution is -2.30. The van der Waals surface area contributed by atoms with E-state index in [4.69, 9.17) is 0 Å². The van der Waals surface area contributed by atoms with E-state index in [1.165, 1.54) is 0 Å². The van der Waals surface area contributed by atoms with Gasteiger partial charge in [0.15, 0.2) is 0 Å². The molecular weight excluding hydrogens is 216 g/mol. The number of aromatic nitrogens is 2. The maximum Gasteiger partial charge on any atom is 0.241 e. The zero-order valence-electron chi connectivity index (χ0n) is 10.9. The highest BCUT2D eigenvalue weighted by atomic mass is 16.2. The van der Waals surface area contributed by atoms with Gasteiger partial charge in [-0.05, 0) is 39.4 Å². The van der Waals surface area contributed by atoms with Crippen LogP contribution in [0.5, 0.6) is 0 Å². The molecule has 0 aliphatic heterocycles. The molecule has 0 spiro atoms. The lowest BCUT2D eigenvalue weighted by Gasteiger charge is -2.06. The van der Waals surface area contributed by atoms with Crippen LogP contribution in [-0.2, 0) is 11.3 Å². The first-order chi connectivity index (χ1) is 8.13. The van der Waals surface area contributed by atoms with Crippen molar-refractivity contribution in [1.82, 2.24) is 20.4 Å². The van der Waals surface area contributed by atoms with Crippen molar-refractivity contribution in [1.29, 1.82) is 0 Å². The van der Waals surface area contributed by atoms with E-state index in [-0.39, 0.29) is 5.91 Å². The fraction of sp³-hybridized carbons (Fsp3) is 0.667. The van der Waals surface area contributed by atoms with E-state index in [0.29, 0.717) is 13.1 Å². The highest BCUT2D eigenvalue weighted by Crippen LogP contribution is 2.00. The van der Waals surface area contributed by atoms with Crippen LogP contribution in [0.3, 0.4) is 0 Å². The second-order valence-electron chi connectivity index (χ2n) is 4.14. The van der Waals surface area contributed by atoms with Gasteiger partial charge in [-0.2, -0.15) is 5.10 Å². The Morgan fingerprint density at radius 1 is 1.41 bits per heavy atom. The SMILES string of the molecule is CCNCCCNC(=O)Cn1nc(C)cc1C. The summed E-state index contributed by atoms with van der Waals surface area (Å²) in [5.41, 5.74) is 1.97. The molecule has 0 aliphatic rings. The molecule has 0 saturated heterocycles. The molecule has 0 unspecified atom stereocenters. The molecule has 0 bridgehead atoms. The van der Waals surface area contributed by atoms with Crippen LogP contribution in [0, 0.1) is 13.8 Å². The van der Waals surface area contributed by atoms with E-state index in [2.05, 4.69) is 22.7 Å². The van der Waals surface area contributed by atoms with E-state index in [1.807, 2.05) is 19.9 Å². The number of aryl methyl sites for hydroxylation is 2. The molecule has 96 valence electrons. The molecule has 1 heterocycles. The van der Waals surface area contributed by atoms with Crippen LogP contribution in [0.15, 0.2) is 6.07 Å². The van der Waals surface area contributed by atoms with Gasteiger partial charge < -0.3 is 10.6 Å². The van der Waals surface area contributed by atoms with Crippen molar-refractivity contribution >= 4 is 5.91 Å². The lowest BCUT2D eigenvalue weighted by molar-refractivity contribution is -0.121. The Balaban J connectivity index is 2.23. The predicted octanol–water partition coefficient (Wildman–Crippen LogP) is 0.616. The zero-order chi connectivity index (χ0) is 12.7. The van der Waals surface area contributed by atoms with E-state index in [1.54, 1.807) is 4.68 Å². The number of rotatable bonds is 7. The first kappa shape index (κ1) is 13.7. The standard InChI is InChI=1S/C12H22N4O/c1-4-13-6-5-7-14-12(17)9-16-11(3)8-10(2)15-16/h8,13H,4-7,9H2,1-3H3,(H,14,17). The minimum absolute atomic E-state index is 0.0210. The van der Waals surface area contributed by atoms with Crippen LogP contribution < -0.4 is 10.6 Å². The fourth-order valence-corrected chi connectivity index (χ4v) is 1.64. The van der Waals surface area contributed by atoms with Crippen LogP contribution in [0.1, 0.15) is 24.7 Å². The van der Waals surface area contributed by atoms with Gasteiger partial charge in [0.2, 0.25) is 5.91 Å². The first-order valence-electron chi connectivity index (χ1n) is 6.12. The van der Waals surface area contributed by atoms with Gasteiger partial charge in [-0.15, -0.1) is 0 Å². The van der Waals surface area contributed by atoms with Crippen molar-refractivity contribution in [3.63, 3.8) is 0 Å². The monoisotopic (exact) mass is 238 g/mol. The smallest absolute Gasteiger partial charge is 0.241 e. The second-order valence-corrected chi connectivity index (χ2v) is 4.14. The number of hydrogen-bond donors (Lipinski definition) is 2. The second kappa shape index (κ2) is 7.06. The average Bonchev–Trinajstić information content (AvgIpc) is 2.57. The number of hydrogen-bond acceptors (Lipinski definition) is 3. The number of carbonyl (C=O) groups excluding carboxylic acids is 1. The third-order valence-corrected chi connectivity index (χ3v) is 2.50. The molecule has 1 aromatic heterocycles. The summed E-state index contributed by atoms with van der Waals surface area (Å²) in [7, 11) is 0. The van der Waals surface area contributed by atoms with Crippen molar-refractivity contribution in [2.75, 3.05) is 19.6 Å². The average molecular weight is 238 g/mol. The lowest BCUT2D eigenvalue weighted by atomic mass is 10.4. The molecule has 0 saturated carbocycles. The molecule has 5 heteroatoms. The molecule has 2 N–H and O–H groups in total. The molecule has 1 rings (SSSR count). The summed E-state index contributed by atoms with van der Waals surface area (Å²) in [4.78, 5) is 11.6. The summed E-state index contributed by atoms with van der Waals surface area (Å²) in [5.74, 6) is 0.0210. The van der Waals surface area contributed by atoms with Crippen molar-refractivity contribution in [2.45, 2.75) is 33.7 Å². The zero-order valence-corrected chi connectivity index (χ0v) is 10.9. The molecule has 0 radical (unpaired) electrons. The van der Waals surface area contributed by atoms with Gasteiger partial charge in [0.25, 0.3) is 0 Å². The highest BCUT2D eigenvalue weighted by molar-refractivity contribution is 5.75. The van der Waals surface area contributed by atoms with Crippen molar-refractivity contribution in [3.8, 4) is 0 Å². The number of carbonyl (C=O) groups is 1. The Morgan fingerprint density at radius 3 is 2.76 bits per heavy atom. The van der Waals surface area contributed by atoms with E-state index >= 15 is 0 Å². The van der Waals surface area contributed by atoms with Crippen LogP contribution in [0.4, 0.5) is 0 Å². The maximum absolute atomic E-state index is 11.6. The Bertz CT molecular complexity index is 359. The van der Waals surface area contributed by atoms with Gasteiger partial charge in [-0.25, -0.2) is 0 Å². The molecule has 1 aromatic rings. The third-order valence-electron chi connectivity index (χ3n) is 2.50. The fourth-order valence-electron chi connectivity index (χ4n) is 1.64. The minimum Gasteiger partial charge on any atom is -0.354 e. The number of amides is 1. The Hall–Kier alpha value is -1.36. The molecule has 0 aromatic carbocycles. The van der Waals surface area contributed by atoms with Crippen LogP contribution in [-0.4, -0.2) is 35.3 Å². The van der Waals surface area contributed by atoms with Crippen LogP contribution in [0.25, 0.3) is 0 Å². The maximum atomic E-state index is 11.6. The van der Waals surface area contributed by atoms with Crippen molar-refractivity contribution in [2.24, 2.45) is 0 Å². The van der Waals surface area contributed by atoms with Crippen molar-refractivity contribution < 1.29 is 4.79 Å². The summed E-state index contributed by atoms with van der Waals surface area (Å²) in [6.07, 6.45) is 0.955.